The molecule has 11 heteroatoms. The van der Waals surface area contributed by atoms with Crippen molar-refractivity contribution >= 4 is 40.4 Å². The zero-order valence-electron chi connectivity index (χ0n) is 15.5. The van der Waals surface area contributed by atoms with E-state index in [1.807, 2.05) is 0 Å². The first-order valence-corrected chi connectivity index (χ1v) is 8.68. The molecule has 0 aliphatic carbocycles. The molecule has 0 fully saturated rings. The summed E-state index contributed by atoms with van der Waals surface area (Å²) in [7, 11) is 2.88. The summed E-state index contributed by atoms with van der Waals surface area (Å²) in [5, 5.41) is 11.0. The molecule has 10 nitrogen and oxygen atoms in total. The maximum atomic E-state index is 13.1. The van der Waals surface area contributed by atoms with Crippen LogP contribution in [-0.4, -0.2) is 35.3 Å². The standard InChI is InChI=1S/C18H14N4O6S/c1-8-17(24)22(18(29)21-20-8)19-6-9-7-28-15-11(12(9)23)13(25-2)10-4-5-27-14(10)16(15)26-3/h4-7H,1-3H3,(H,21,29)/b19-6+. The van der Waals surface area contributed by atoms with Crippen molar-refractivity contribution < 1.29 is 18.3 Å². The van der Waals surface area contributed by atoms with Crippen LogP contribution in [0.25, 0.3) is 21.9 Å². The zero-order valence-corrected chi connectivity index (χ0v) is 16.3. The number of benzene rings is 1. The van der Waals surface area contributed by atoms with E-state index in [-0.39, 0.29) is 38.5 Å². The van der Waals surface area contributed by atoms with Gasteiger partial charge in [-0.3, -0.25) is 14.7 Å². The molecule has 0 spiro atoms. The minimum Gasteiger partial charge on any atom is -0.495 e. The van der Waals surface area contributed by atoms with Crippen LogP contribution < -0.4 is 20.5 Å². The van der Waals surface area contributed by atoms with Gasteiger partial charge in [0.05, 0.1) is 37.6 Å². The van der Waals surface area contributed by atoms with E-state index in [1.165, 1.54) is 39.9 Å². The van der Waals surface area contributed by atoms with Gasteiger partial charge in [0.1, 0.15) is 23.1 Å². The number of nitrogens with one attached hydrogen (secondary N) is 1. The maximum absolute atomic E-state index is 13.1. The Labute approximate surface area is 167 Å². The van der Waals surface area contributed by atoms with Crippen LogP contribution in [0.1, 0.15) is 11.3 Å². The Morgan fingerprint density at radius 2 is 1.97 bits per heavy atom. The zero-order chi connectivity index (χ0) is 20.7. The number of hydrogen-bond donors (Lipinski definition) is 1. The van der Waals surface area contributed by atoms with E-state index in [0.29, 0.717) is 11.0 Å². The summed E-state index contributed by atoms with van der Waals surface area (Å²) in [6.45, 7) is 1.51. The SMILES string of the molecule is COc1c2occc2c(OC)c2c(=O)c(/C=N/n3c(=S)[nH]nc(C)c3=O)coc12. The lowest BCUT2D eigenvalue weighted by Crippen LogP contribution is -2.23. The number of aromatic amines is 1. The predicted molar refractivity (Wildman–Crippen MR) is 107 cm³/mol. The number of H-pyrrole nitrogens is 1. The first-order chi connectivity index (χ1) is 14.0. The number of aromatic nitrogens is 3. The Kier molecular flexibility index (Phi) is 4.51. The molecule has 3 heterocycles. The van der Waals surface area contributed by atoms with E-state index in [9.17, 15) is 9.59 Å². The van der Waals surface area contributed by atoms with Gasteiger partial charge >= 0.3 is 0 Å². The van der Waals surface area contributed by atoms with Crippen molar-refractivity contribution in [3.8, 4) is 11.5 Å². The molecule has 1 N–H and O–H groups in total. The van der Waals surface area contributed by atoms with Crippen molar-refractivity contribution in [1.82, 2.24) is 14.9 Å². The summed E-state index contributed by atoms with van der Waals surface area (Å²) in [6.07, 6.45) is 3.85. The topological polar surface area (TPSA) is 125 Å². The third kappa shape index (κ3) is 2.83. The van der Waals surface area contributed by atoms with Crippen LogP contribution >= 0.6 is 12.2 Å². The van der Waals surface area contributed by atoms with Gasteiger partial charge in [-0.1, -0.05) is 0 Å². The quantitative estimate of drug-likeness (QED) is 0.399. The van der Waals surface area contributed by atoms with E-state index in [2.05, 4.69) is 15.3 Å². The number of fused-ring (bicyclic) bond motifs is 2. The summed E-state index contributed by atoms with van der Waals surface area (Å²) in [6, 6.07) is 1.66. The predicted octanol–water partition coefficient (Wildman–Crippen LogP) is 2.36. The first kappa shape index (κ1) is 18.6. The molecule has 148 valence electrons. The molecule has 29 heavy (non-hydrogen) atoms. The molecule has 1 aromatic carbocycles. The van der Waals surface area contributed by atoms with Gasteiger partial charge < -0.3 is 18.3 Å². The Morgan fingerprint density at radius 3 is 2.69 bits per heavy atom. The molecule has 0 amide bonds. The molecule has 4 aromatic rings. The maximum Gasteiger partial charge on any atom is 0.296 e. The second-order valence-electron chi connectivity index (χ2n) is 5.93. The second kappa shape index (κ2) is 7.02. The van der Waals surface area contributed by atoms with Gasteiger partial charge in [-0.25, -0.2) is 0 Å². The molecule has 0 saturated heterocycles. The summed E-state index contributed by atoms with van der Waals surface area (Å²) in [4.78, 5) is 25.3. The van der Waals surface area contributed by atoms with Gasteiger partial charge in [-0.05, 0) is 25.2 Å². The highest BCUT2D eigenvalue weighted by molar-refractivity contribution is 7.71. The molecule has 0 aliphatic heterocycles. The Balaban J connectivity index is 1.99. The minimum atomic E-state index is -0.505. The summed E-state index contributed by atoms with van der Waals surface area (Å²) in [5.74, 6) is 0.549. The van der Waals surface area contributed by atoms with Crippen LogP contribution in [-0.2, 0) is 0 Å². The number of hydrogen-bond acceptors (Lipinski definition) is 9. The van der Waals surface area contributed by atoms with E-state index < -0.39 is 11.0 Å². The summed E-state index contributed by atoms with van der Waals surface area (Å²) in [5.41, 5.74) is -0.113. The number of furan rings is 1. The highest BCUT2D eigenvalue weighted by Crippen LogP contribution is 2.41. The van der Waals surface area contributed by atoms with Crippen LogP contribution in [0.15, 0.2) is 42.1 Å². The lowest BCUT2D eigenvalue weighted by atomic mass is 10.1. The van der Waals surface area contributed by atoms with Crippen LogP contribution in [0.3, 0.4) is 0 Å². The van der Waals surface area contributed by atoms with Gasteiger partial charge in [0.25, 0.3) is 5.56 Å². The fraction of sp³-hybridized carbons (Fsp3) is 0.167. The van der Waals surface area contributed by atoms with Crippen molar-refractivity contribution in [1.29, 1.82) is 0 Å². The number of ether oxygens (including phenoxy) is 2. The lowest BCUT2D eigenvalue weighted by Gasteiger charge is -2.10. The Bertz CT molecular complexity index is 1460. The molecule has 0 saturated carbocycles. The van der Waals surface area contributed by atoms with E-state index >= 15 is 0 Å². The highest BCUT2D eigenvalue weighted by Gasteiger charge is 2.23. The van der Waals surface area contributed by atoms with Crippen LogP contribution in [0.4, 0.5) is 0 Å². The van der Waals surface area contributed by atoms with Gasteiger partial charge in [0.15, 0.2) is 11.2 Å². The fourth-order valence-electron chi connectivity index (χ4n) is 2.94. The van der Waals surface area contributed by atoms with Crippen LogP contribution in [0.2, 0.25) is 0 Å². The molecule has 0 atom stereocenters. The van der Waals surface area contributed by atoms with Gasteiger partial charge in [0, 0.05) is 0 Å². The van der Waals surface area contributed by atoms with E-state index in [0.717, 1.165) is 4.68 Å². The number of nitrogens with zero attached hydrogens (tertiary/aromatic N) is 3. The summed E-state index contributed by atoms with van der Waals surface area (Å²) < 4.78 is 22.8. The third-order valence-corrected chi connectivity index (χ3v) is 4.57. The average molecular weight is 414 g/mol. The van der Waals surface area contributed by atoms with Crippen molar-refractivity contribution in [2.75, 3.05) is 14.2 Å². The van der Waals surface area contributed by atoms with Gasteiger partial charge in [0.2, 0.25) is 15.9 Å². The fourth-order valence-corrected chi connectivity index (χ4v) is 3.12. The van der Waals surface area contributed by atoms with Crippen LogP contribution in [0.5, 0.6) is 11.5 Å². The molecule has 3 aromatic heterocycles. The molecule has 0 radical (unpaired) electrons. The molecular formula is C18H14N4O6S. The smallest absolute Gasteiger partial charge is 0.296 e. The molecule has 0 bridgehead atoms. The van der Waals surface area contributed by atoms with Crippen LogP contribution in [0, 0.1) is 11.7 Å². The lowest BCUT2D eigenvalue weighted by molar-refractivity contribution is 0.400. The van der Waals surface area contributed by atoms with Crippen molar-refractivity contribution in [2.24, 2.45) is 5.10 Å². The third-order valence-electron chi connectivity index (χ3n) is 4.30. The molecular weight excluding hydrogens is 400 g/mol. The highest BCUT2D eigenvalue weighted by atomic mass is 32.1. The molecule has 0 aliphatic rings. The monoisotopic (exact) mass is 414 g/mol. The van der Waals surface area contributed by atoms with Gasteiger partial charge in [-0.2, -0.15) is 14.9 Å². The van der Waals surface area contributed by atoms with E-state index in [1.54, 1.807) is 6.07 Å². The van der Waals surface area contributed by atoms with Crippen molar-refractivity contribution in [3.05, 3.63) is 55.2 Å². The Morgan fingerprint density at radius 1 is 1.21 bits per heavy atom. The minimum absolute atomic E-state index is 0.0126. The number of methoxy groups -OCH3 is 2. The number of rotatable bonds is 4. The first-order valence-electron chi connectivity index (χ1n) is 8.27. The normalized spacial score (nSPS) is 11.6. The largest absolute Gasteiger partial charge is 0.495 e. The Hall–Kier alpha value is -3.73. The van der Waals surface area contributed by atoms with Crippen molar-refractivity contribution in [2.45, 2.75) is 6.92 Å². The van der Waals surface area contributed by atoms with Gasteiger partial charge in [-0.15, -0.1) is 0 Å². The molecule has 0 unspecified atom stereocenters. The van der Waals surface area contributed by atoms with E-state index in [4.69, 9.17) is 30.5 Å². The average Bonchev–Trinajstić information content (AvgIpc) is 3.20. The summed E-state index contributed by atoms with van der Waals surface area (Å²) >= 11 is 5.02. The second-order valence-corrected chi connectivity index (χ2v) is 6.32. The van der Waals surface area contributed by atoms with Crippen molar-refractivity contribution in [3.63, 3.8) is 0 Å². The molecule has 4 rings (SSSR count). The number of aryl methyl sites for hydroxylation is 1.